The van der Waals surface area contributed by atoms with Crippen LogP contribution in [0, 0.1) is 0 Å². The lowest BCUT2D eigenvalue weighted by Gasteiger charge is -2.08. The Balaban J connectivity index is 2.09. The van der Waals surface area contributed by atoms with E-state index in [0.717, 1.165) is 5.56 Å². The normalized spacial score (nSPS) is 10.6. The standard InChI is InChI=1S/C18H18N4O3/c1-3-14(23)22-12-7-5-6-11(8-12)16-15-13(18(24)25-4-2)9-19-17(15)21-10-20-16/h5-10H,3-4H2,1-2H3,(H,22,23)(H,19,20,21). The van der Waals surface area contributed by atoms with Crippen LogP contribution in [0.1, 0.15) is 30.6 Å². The predicted octanol–water partition coefficient (Wildman–Crippen LogP) is 3.15. The molecule has 3 aromatic rings. The number of nitrogens with zero attached hydrogens (tertiary/aromatic N) is 2. The summed E-state index contributed by atoms with van der Waals surface area (Å²) in [7, 11) is 0. The molecule has 0 aliphatic carbocycles. The van der Waals surface area contributed by atoms with Crippen molar-refractivity contribution in [2.24, 2.45) is 0 Å². The average molecular weight is 338 g/mol. The van der Waals surface area contributed by atoms with E-state index >= 15 is 0 Å². The van der Waals surface area contributed by atoms with Gasteiger partial charge in [0, 0.05) is 23.9 Å². The number of hydrogen-bond donors (Lipinski definition) is 2. The fraction of sp³-hybridized carbons (Fsp3) is 0.222. The van der Waals surface area contributed by atoms with E-state index in [9.17, 15) is 9.59 Å². The van der Waals surface area contributed by atoms with Crippen molar-refractivity contribution in [3.05, 3.63) is 42.4 Å². The van der Waals surface area contributed by atoms with Crippen molar-refractivity contribution in [1.82, 2.24) is 15.0 Å². The first-order chi connectivity index (χ1) is 12.1. The first-order valence-corrected chi connectivity index (χ1v) is 8.03. The summed E-state index contributed by atoms with van der Waals surface area (Å²) in [5, 5.41) is 3.42. The molecule has 1 aromatic carbocycles. The van der Waals surface area contributed by atoms with Gasteiger partial charge in [0.25, 0.3) is 0 Å². The molecule has 2 heterocycles. The highest BCUT2D eigenvalue weighted by atomic mass is 16.5. The Hall–Kier alpha value is -3.22. The van der Waals surface area contributed by atoms with Gasteiger partial charge in [-0.2, -0.15) is 0 Å². The summed E-state index contributed by atoms with van der Waals surface area (Å²) in [4.78, 5) is 35.3. The van der Waals surface area contributed by atoms with Gasteiger partial charge < -0.3 is 15.0 Å². The number of carbonyl (C=O) groups excluding carboxylic acids is 2. The molecule has 0 unspecified atom stereocenters. The quantitative estimate of drug-likeness (QED) is 0.697. The topological polar surface area (TPSA) is 97.0 Å². The number of fused-ring (bicyclic) bond motifs is 1. The Morgan fingerprint density at radius 1 is 1.24 bits per heavy atom. The fourth-order valence-corrected chi connectivity index (χ4v) is 2.55. The molecule has 0 spiro atoms. The molecule has 25 heavy (non-hydrogen) atoms. The number of anilines is 1. The highest BCUT2D eigenvalue weighted by molar-refractivity contribution is 6.08. The zero-order chi connectivity index (χ0) is 17.8. The zero-order valence-corrected chi connectivity index (χ0v) is 14.0. The Kier molecular flexibility index (Phi) is 4.74. The van der Waals surface area contributed by atoms with Crippen LogP contribution >= 0.6 is 0 Å². The van der Waals surface area contributed by atoms with Crippen molar-refractivity contribution in [3.63, 3.8) is 0 Å². The van der Waals surface area contributed by atoms with Gasteiger partial charge >= 0.3 is 5.97 Å². The molecule has 0 fully saturated rings. The molecular weight excluding hydrogens is 320 g/mol. The van der Waals surface area contributed by atoms with Crippen LogP contribution in [-0.4, -0.2) is 33.4 Å². The summed E-state index contributed by atoms with van der Waals surface area (Å²) < 4.78 is 5.10. The monoisotopic (exact) mass is 338 g/mol. The van der Waals surface area contributed by atoms with Crippen LogP contribution in [0.3, 0.4) is 0 Å². The lowest BCUT2D eigenvalue weighted by molar-refractivity contribution is -0.115. The summed E-state index contributed by atoms with van der Waals surface area (Å²) >= 11 is 0. The van der Waals surface area contributed by atoms with Crippen molar-refractivity contribution in [3.8, 4) is 11.3 Å². The first-order valence-electron chi connectivity index (χ1n) is 8.03. The molecule has 0 saturated carbocycles. The van der Waals surface area contributed by atoms with E-state index in [4.69, 9.17) is 4.74 Å². The van der Waals surface area contributed by atoms with E-state index in [2.05, 4.69) is 20.3 Å². The molecule has 3 rings (SSSR count). The van der Waals surface area contributed by atoms with Crippen molar-refractivity contribution < 1.29 is 14.3 Å². The number of amides is 1. The van der Waals surface area contributed by atoms with Crippen LogP contribution in [0.25, 0.3) is 22.3 Å². The number of esters is 1. The molecule has 7 nitrogen and oxygen atoms in total. The highest BCUT2D eigenvalue weighted by Gasteiger charge is 2.19. The van der Waals surface area contributed by atoms with Gasteiger partial charge in [0.15, 0.2) is 0 Å². The van der Waals surface area contributed by atoms with Crippen molar-refractivity contribution >= 4 is 28.6 Å². The van der Waals surface area contributed by atoms with E-state index in [-0.39, 0.29) is 12.5 Å². The number of hydrogen-bond acceptors (Lipinski definition) is 5. The summed E-state index contributed by atoms with van der Waals surface area (Å²) in [6, 6.07) is 7.31. The zero-order valence-electron chi connectivity index (χ0n) is 14.0. The lowest BCUT2D eigenvalue weighted by atomic mass is 10.1. The number of carbonyl (C=O) groups is 2. The molecule has 0 aliphatic heterocycles. The van der Waals surface area contributed by atoms with Crippen LogP contribution in [-0.2, 0) is 9.53 Å². The molecule has 128 valence electrons. The predicted molar refractivity (Wildman–Crippen MR) is 94.2 cm³/mol. The Labute approximate surface area is 144 Å². The Morgan fingerprint density at radius 3 is 2.84 bits per heavy atom. The Bertz CT molecular complexity index is 933. The molecule has 2 N–H and O–H groups in total. The summed E-state index contributed by atoms with van der Waals surface area (Å²) in [5.74, 6) is -0.501. The van der Waals surface area contributed by atoms with Crippen molar-refractivity contribution in [2.75, 3.05) is 11.9 Å². The summed E-state index contributed by atoms with van der Waals surface area (Å²) in [6.07, 6.45) is 3.40. The maximum absolute atomic E-state index is 12.2. The Morgan fingerprint density at radius 2 is 2.08 bits per heavy atom. The van der Waals surface area contributed by atoms with Crippen LogP contribution in [0.2, 0.25) is 0 Å². The molecule has 1 amide bonds. The lowest BCUT2D eigenvalue weighted by Crippen LogP contribution is -2.09. The van der Waals surface area contributed by atoms with Gasteiger partial charge in [-0.05, 0) is 19.1 Å². The van der Waals surface area contributed by atoms with Gasteiger partial charge in [-0.25, -0.2) is 14.8 Å². The maximum Gasteiger partial charge on any atom is 0.340 e. The van der Waals surface area contributed by atoms with Gasteiger partial charge in [0.05, 0.1) is 23.3 Å². The highest BCUT2D eigenvalue weighted by Crippen LogP contribution is 2.30. The number of aromatic amines is 1. The first kappa shape index (κ1) is 16.6. The minimum atomic E-state index is -0.430. The SMILES string of the molecule is CCOC(=O)c1c[nH]c2ncnc(-c3cccc(NC(=O)CC)c3)c12. The summed E-state index contributed by atoms with van der Waals surface area (Å²) in [6.45, 7) is 3.83. The fourth-order valence-electron chi connectivity index (χ4n) is 2.55. The van der Waals surface area contributed by atoms with E-state index in [1.807, 2.05) is 18.2 Å². The maximum atomic E-state index is 12.2. The van der Waals surface area contributed by atoms with Crippen LogP contribution < -0.4 is 5.32 Å². The smallest absolute Gasteiger partial charge is 0.340 e. The van der Waals surface area contributed by atoms with Crippen LogP contribution in [0.15, 0.2) is 36.8 Å². The molecule has 0 atom stereocenters. The molecule has 0 aliphatic rings. The second kappa shape index (κ2) is 7.12. The second-order valence-electron chi connectivity index (χ2n) is 5.35. The van der Waals surface area contributed by atoms with Gasteiger partial charge in [-0.1, -0.05) is 19.1 Å². The minimum absolute atomic E-state index is 0.0705. The molecular formula is C18H18N4O3. The van der Waals surface area contributed by atoms with E-state index in [1.54, 1.807) is 26.1 Å². The van der Waals surface area contributed by atoms with Gasteiger partial charge in [-0.3, -0.25) is 4.79 Å². The third-order valence-corrected chi connectivity index (χ3v) is 3.71. The van der Waals surface area contributed by atoms with Gasteiger partial charge in [-0.15, -0.1) is 0 Å². The van der Waals surface area contributed by atoms with Gasteiger partial charge in [0.2, 0.25) is 5.91 Å². The molecule has 2 aromatic heterocycles. The van der Waals surface area contributed by atoms with E-state index in [1.165, 1.54) is 6.33 Å². The summed E-state index contributed by atoms with van der Waals surface area (Å²) in [5.41, 5.74) is 2.98. The van der Waals surface area contributed by atoms with Crippen molar-refractivity contribution in [2.45, 2.75) is 20.3 Å². The van der Waals surface area contributed by atoms with E-state index < -0.39 is 5.97 Å². The third-order valence-electron chi connectivity index (χ3n) is 3.71. The third kappa shape index (κ3) is 3.35. The van der Waals surface area contributed by atoms with Crippen molar-refractivity contribution in [1.29, 1.82) is 0 Å². The average Bonchev–Trinajstić information content (AvgIpc) is 3.06. The van der Waals surface area contributed by atoms with Crippen LogP contribution in [0.4, 0.5) is 5.69 Å². The van der Waals surface area contributed by atoms with Crippen LogP contribution in [0.5, 0.6) is 0 Å². The molecule has 0 bridgehead atoms. The molecule has 0 radical (unpaired) electrons. The molecule has 7 heteroatoms. The molecule has 0 saturated heterocycles. The van der Waals surface area contributed by atoms with Gasteiger partial charge in [0.1, 0.15) is 12.0 Å². The number of H-pyrrole nitrogens is 1. The number of nitrogens with one attached hydrogen (secondary N) is 2. The minimum Gasteiger partial charge on any atom is -0.462 e. The largest absolute Gasteiger partial charge is 0.462 e. The second-order valence-corrected chi connectivity index (χ2v) is 5.35. The number of aromatic nitrogens is 3. The van der Waals surface area contributed by atoms with E-state index in [0.29, 0.717) is 34.4 Å². The number of ether oxygens (including phenoxy) is 1. The number of benzene rings is 1. The number of rotatable bonds is 5.